The van der Waals surface area contributed by atoms with E-state index in [2.05, 4.69) is 5.16 Å². The summed E-state index contributed by atoms with van der Waals surface area (Å²) in [6.07, 6.45) is 6.75. The third-order valence-corrected chi connectivity index (χ3v) is 6.37. The number of carboxylic acid groups (broad SMARTS) is 1. The second kappa shape index (κ2) is 9.13. The maximum Gasteiger partial charge on any atom is 0.328 e. The maximum atomic E-state index is 15.0. The Morgan fingerprint density at radius 2 is 2.00 bits per heavy atom. The fourth-order valence-corrected chi connectivity index (χ4v) is 4.83. The Hall–Kier alpha value is -3.16. The van der Waals surface area contributed by atoms with Gasteiger partial charge in [-0.3, -0.25) is 9.36 Å². The van der Waals surface area contributed by atoms with Gasteiger partial charge in [0.15, 0.2) is 5.76 Å². The first-order chi connectivity index (χ1) is 16.4. The van der Waals surface area contributed by atoms with Crippen molar-refractivity contribution in [2.24, 2.45) is 0 Å². The maximum absolute atomic E-state index is 15.0. The van der Waals surface area contributed by atoms with Crippen molar-refractivity contribution >= 4 is 40.7 Å². The average molecular weight is 517 g/mol. The lowest BCUT2D eigenvalue weighted by atomic mass is 9.87. The Kier molecular flexibility index (Phi) is 6.51. The molecule has 2 aromatic heterocycles. The fraction of sp³-hybridized carbons (Fsp3) is 0.269. The van der Waals surface area contributed by atoms with Crippen LogP contribution in [0.5, 0.6) is 0 Å². The van der Waals surface area contributed by atoms with Crippen molar-refractivity contribution in [3.8, 4) is 11.3 Å². The Bertz CT molecular complexity index is 1390. The molecular formula is C26H23Cl2FN2O4. The van der Waals surface area contributed by atoms with Gasteiger partial charge in [-0.25, -0.2) is 9.18 Å². The van der Waals surface area contributed by atoms with Crippen molar-refractivity contribution in [1.29, 1.82) is 0 Å². The van der Waals surface area contributed by atoms with Gasteiger partial charge in [0.2, 0.25) is 0 Å². The Morgan fingerprint density at radius 1 is 1.29 bits per heavy atom. The number of hydrogen-bond acceptors (Lipinski definition) is 4. The number of aliphatic carboxylic acids is 1. The van der Waals surface area contributed by atoms with Crippen LogP contribution < -0.4 is 0 Å². The Morgan fingerprint density at radius 3 is 2.63 bits per heavy atom. The van der Waals surface area contributed by atoms with E-state index in [9.17, 15) is 14.0 Å². The lowest BCUT2D eigenvalue weighted by Gasteiger charge is -2.22. The second-order valence-electron chi connectivity index (χ2n) is 9.49. The SMILES string of the molecule is CC1CC=C(/C=C/C(=O)O)c2ccn(C(=O)c3c(-c4c(F)cc(Cl)cc4Cl)noc3C(C)(C)C)c21. The number of allylic oxidation sites excluding steroid dienone is 3. The van der Waals surface area contributed by atoms with Gasteiger partial charge in [-0.1, -0.05) is 62.1 Å². The minimum Gasteiger partial charge on any atom is -0.478 e. The molecule has 0 radical (unpaired) electrons. The van der Waals surface area contributed by atoms with E-state index in [1.807, 2.05) is 33.8 Å². The zero-order valence-corrected chi connectivity index (χ0v) is 21.0. The molecule has 182 valence electrons. The number of fused-ring (bicyclic) bond motifs is 1. The lowest BCUT2D eigenvalue weighted by Crippen LogP contribution is -2.22. The summed E-state index contributed by atoms with van der Waals surface area (Å²) in [5.41, 5.74) is 1.57. The number of benzene rings is 1. The fourth-order valence-electron chi connectivity index (χ4n) is 4.27. The first kappa shape index (κ1) is 24.9. The van der Waals surface area contributed by atoms with E-state index in [4.69, 9.17) is 32.8 Å². The highest BCUT2D eigenvalue weighted by molar-refractivity contribution is 6.36. The number of carbonyl (C=O) groups is 2. The van der Waals surface area contributed by atoms with Crippen molar-refractivity contribution in [3.63, 3.8) is 0 Å². The first-order valence-corrected chi connectivity index (χ1v) is 11.7. The molecule has 1 unspecified atom stereocenters. The van der Waals surface area contributed by atoms with Gasteiger partial charge in [-0.05, 0) is 36.3 Å². The molecule has 1 aromatic carbocycles. The summed E-state index contributed by atoms with van der Waals surface area (Å²) in [6.45, 7) is 7.56. The van der Waals surface area contributed by atoms with E-state index in [1.54, 1.807) is 12.3 Å². The molecule has 1 N–H and O–H groups in total. The molecule has 1 aliphatic carbocycles. The highest BCUT2D eigenvalue weighted by Gasteiger charge is 2.35. The first-order valence-electron chi connectivity index (χ1n) is 10.9. The van der Waals surface area contributed by atoms with Crippen molar-refractivity contribution < 1.29 is 23.6 Å². The number of halogens is 3. The molecule has 0 saturated carbocycles. The van der Waals surface area contributed by atoms with Gasteiger partial charge < -0.3 is 9.63 Å². The summed E-state index contributed by atoms with van der Waals surface area (Å²) in [4.78, 5) is 25.1. The Labute approximate surface area is 211 Å². The van der Waals surface area contributed by atoms with Crippen LogP contribution in [0.25, 0.3) is 16.8 Å². The van der Waals surface area contributed by atoms with E-state index >= 15 is 0 Å². The monoisotopic (exact) mass is 516 g/mol. The molecule has 4 rings (SSSR count). The van der Waals surface area contributed by atoms with Gasteiger partial charge >= 0.3 is 5.97 Å². The molecule has 0 aliphatic heterocycles. The van der Waals surface area contributed by atoms with Crippen LogP contribution in [0.1, 0.15) is 67.4 Å². The molecule has 1 aliphatic rings. The molecule has 1 atom stereocenters. The topological polar surface area (TPSA) is 85.3 Å². The van der Waals surface area contributed by atoms with Crippen molar-refractivity contribution in [2.45, 2.75) is 45.4 Å². The number of aromatic nitrogens is 2. The molecule has 35 heavy (non-hydrogen) atoms. The van der Waals surface area contributed by atoms with E-state index in [0.717, 1.165) is 23.4 Å². The average Bonchev–Trinajstić information content (AvgIpc) is 3.37. The van der Waals surface area contributed by atoms with E-state index in [1.165, 1.54) is 16.7 Å². The smallest absolute Gasteiger partial charge is 0.328 e. The predicted octanol–water partition coefficient (Wildman–Crippen LogP) is 7.11. The van der Waals surface area contributed by atoms with Crippen molar-refractivity contribution in [2.75, 3.05) is 0 Å². The standard InChI is InChI=1S/C26H23Cl2FN2O4/c1-13-5-6-14(7-8-19(32)33)16-9-10-31(23(13)16)25(34)21-22(30-35-24(21)26(2,3)4)20-17(28)11-15(27)12-18(20)29/h6-13H,5H2,1-4H3,(H,32,33)/b8-7+. The lowest BCUT2D eigenvalue weighted by molar-refractivity contribution is -0.131. The number of hydrogen-bond donors (Lipinski definition) is 1. The summed E-state index contributed by atoms with van der Waals surface area (Å²) in [6, 6.07) is 4.25. The summed E-state index contributed by atoms with van der Waals surface area (Å²) in [5.74, 6) is -1.98. The molecule has 0 spiro atoms. The molecule has 6 nitrogen and oxygen atoms in total. The molecule has 3 aromatic rings. The molecule has 9 heteroatoms. The molecule has 2 heterocycles. The van der Waals surface area contributed by atoms with Crippen LogP contribution in [0.3, 0.4) is 0 Å². The van der Waals surface area contributed by atoms with Gasteiger partial charge in [-0.2, -0.15) is 0 Å². The van der Waals surface area contributed by atoms with Crippen LogP contribution >= 0.6 is 23.2 Å². The summed E-state index contributed by atoms with van der Waals surface area (Å²) in [5, 5.41) is 13.2. The van der Waals surface area contributed by atoms with Crippen LogP contribution in [0.4, 0.5) is 4.39 Å². The van der Waals surface area contributed by atoms with Gasteiger partial charge in [0, 0.05) is 39.9 Å². The quantitative estimate of drug-likeness (QED) is 0.373. The van der Waals surface area contributed by atoms with Crippen LogP contribution in [0.2, 0.25) is 10.0 Å². The van der Waals surface area contributed by atoms with Crippen molar-refractivity contribution in [3.05, 3.63) is 81.1 Å². The van der Waals surface area contributed by atoms with Gasteiger partial charge in [0.05, 0.1) is 10.6 Å². The molecule has 0 amide bonds. The molecule has 0 bridgehead atoms. The van der Waals surface area contributed by atoms with E-state index < -0.39 is 23.1 Å². The normalized spacial score (nSPS) is 15.9. The summed E-state index contributed by atoms with van der Waals surface area (Å²) in [7, 11) is 0. The molecule has 0 fully saturated rings. The summed E-state index contributed by atoms with van der Waals surface area (Å²) >= 11 is 12.3. The van der Waals surface area contributed by atoms with Gasteiger partial charge in [-0.15, -0.1) is 0 Å². The van der Waals surface area contributed by atoms with Gasteiger partial charge in [0.1, 0.15) is 17.1 Å². The number of nitrogens with zero attached hydrogens (tertiary/aromatic N) is 2. The number of carbonyl (C=O) groups excluding carboxylic acids is 1. The van der Waals surface area contributed by atoms with Crippen LogP contribution in [-0.2, 0) is 10.2 Å². The predicted molar refractivity (Wildman–Crippen MR) is 133 cm³/mol. The van der Waals surface area contributed by atoms with Gasteiger partial charge in [0.25, 0.3) is 5.91 Å². The van der Waals surface area contributed by atoms with Crippen LogP contribution in [-0.4, -0.2) is 26.7 Å². The van der Waals surface area contributed by atoms with E-state index in [0.29, 0.717) is 12.0 Å². The highest BCUT2D eigenvalue weighted by atomic mass is 35.5. The van der Waals surface area contributed by atoms with E-state index in [-0.39, 0.29) is 38.5 Å². The summed E-state index contributed by atoms with van der Waals surface area (Å²) < 4.78 is 22.1. The zero-order chi connectivity index (χ0) is 25.7. The van der Waals surface area contributed by atoms with Crippen LogP contribution in [0, 0.1) is 5.82 Å². The molecular weight excluding hydrogens is 494 g/mol. The zero-order valence-electron chi connectivity index (χ0n) is 19.5. The largest absolute Gasteiger partial charge is 0.478 e. The third-order valence-electron chi connectivity index (χ3n) is 5.85. The number of carboxylic acids is 1. The highest BCUT2D eigenvalue weighted by Crippen LogP contribution is 2.41. The Balaban J connectivity index is 1.92. The second-order valence-corrected chi connectivity index (χ2v) is 10.3. The van der Waals surface area contributed by atoms with Crippen LogP contribution in [0.15, 0.2) is 47.1 Å². The van der Waals surface area contributed by atoms with Crippen molar-refractivity contribution in [1.82, 2.24) is 9.72 Å². The third kappa shape index (κ3) is 4.58. The number of rotatable bonds is 4. The minimum atomic E-state index is -1.06. The molecule has 0 saturated heterocycles. The minimum absolute atomic E-state index is 0.00439.